The minimum absolute atomic E-state index is 0.0186. The van der Waals surface area contributed by atoms with Crippen molar-refractivity contribution in [3.05, 3.63) is 47.0 Å². The molecule has 1 aromatic carbocycles. The molecule has 0 aliphatic rings. The summed E-state index contributed by atoms with van der Waals surface area (Å²) in [6, 6.07) is 5.73. The number of aromatic nitrogens is 5. The van der Waals surface area contributed by atoms with Crippen LogP contribution in [0.2, 0.25) is 0 Å². The first-order valence-corrected chi connectivity index (χ1v) is 7.08. The summed E-state index contributed by atoms with van der Waals surface area (Å²) >= 11 is 0. The minimum atomic E-state index is -0.569. The molecule has 0 fully saturated rings. The number of benzene rings is 1. The fourth-order valence-electron chi connectivity index (χ4n) is 2.02. The Labute approximate surface area is 140 Å². The first-order valence-electron chi connectivity index (χ1n) is 7.08. The second-order valence-electron chi connectivity index (χ2n) is 5.05. The molecule has 0 unspecified atom stereocenters. The van der Waals surface area contributed by atoms with E-state index in [9.17, 15) is 9.18 Å². The Morgan fingerprint density at radius 1 is 1.32 bits per heavy atom. The zero-order valence-electron chi connectivity index (χ0n) is 13.3. The monoisotopic (exact) mass is 344 g/mol. The SMILES string of the molecule is C/C(=N/NC(=O)c1nnn(-c2nonc2N)c1C)c1ccc(F)cc1. The quantitative estimate of drug-likeness (QED) is 0.528. The third-order valence-corrected chi connectivity index (χ3v) is 3.39. The minimum Gasteiger partial charge on any atom is -0.378 e. The van der Waals surface area contributed by atoms with Crippen LogP contribution in [0.15, 0.2) is 34.0 Å². The standard InChI is InChI=1S/C14H13FN8O2/c1-7(9-3-5-10(15)6-4-9)17-19-14(24)11-8(2)23(22-18-11)13-12(16)20-25-21-13/h3-6H,1-2H3,(H2,16,20)(H,19,24)/b17-7-. The largest absolute Gasteiger partial charge is 0.378 e. The zero-order chi connectivity index (χ0) is 18.0. The van der Waals surface area contributed by atoms with Gasteiger partial charge in [-0.05, 0) is 41.9 Å². The number of nitrogens with one attached hydrogen (secondary N) is 1. The lowest BCUT2D eigenvalue weighted by Crippen LogP contribution is -2.21. The van der Waals surface area contributed by atoms with E-state index in [0.717, 1.165) is 0 Å². The van der Waals surface area contributed by atoms with Crippen LogP contribution in [-0.2, 0) is 0 Å². The first-order chi connectivity index (χ1) is 12.0. The maximum Gasteiger partial charge on any atom is 0.293 e. The number of hydrogen-bond donors (Lipinski definition) is 2. The summed E-state index contributed by atoms with van der Waals surface area (Å²) < 4.78 is 18.7. The van der Waals surface area contributed by atoms with Crippen LogP contribution < -0.4 is 11.2 Å². The number of nitrogens with two attached hydrogens (primary N) is 1. The van der Waals surface area contributed by atoms with E-state index < -0.39 is 5.91 Å². The van der Waals surface area contributed by atoms with Crippen molar-refractivity contribution in [1.29, 1.82) is 0 Å². The Morgan fingerprint density at radius 2 is 2.04 bits per heavy atom. The van der Waals surface area contributed by atoms with E-state index in [2.05, 4.69) is 35.8 Å². The van der Waals surface area contributed by atoms with E-state index in [-0.39, 0.29) is 23.1 Å². The van der Waals surface area contributed by atoms with Crippen LogP contribution in [0.25, 0.3) is 5.82 Å². The maximum absolute atomic E-state index is 12.9. The molecule has 0 radical (unpaired) electrons. The van der Waals surface area contributed by atoms with Crippen molar-refractivity contribution in [2.75, 3.05) is 5.73 Å². The maximum atomic E-state index is 12.9. The molecule has 3 rings (SSSR count). The molecule has 2 heterocycles. The van der Waals surface area contributed by atoms with Gasteiger partial charge in [-0.1, -0.05) is 17.3 Å². The Morgan fingerprint density at radius 3 is 2.68 bits per heavy atom. The molecule has 0 aliphatic carbocycles. The molecule has 10 nitrogen and oxygen atoms in total. The average molecular weight is 344 g/mol. The number of amides is 1. The van der Waals surface area contributed by atoms with Gasteiger partial charge in [0.1, 0.15) is 5.82 Å². The van der Waals surface area contributed by atoms with Gasteiger partial charge in [0.2, 0.25) is 11.6 Å². The molecule has 1 amide bonds. The van der Waals surface area contributed by atoms with Crippen molar-refractivity contribution in [1.82, 2.24) is 30.7 Å². The number of carbonyl (C=O) groups is 1. The molecule has 25 heavy (non-hydrogen) atoms. The number of hydrazone groups is 1. The van der Waals surface area contributed by atoms with Crippen molar-refractivity contribution in [3.8, 4) is 5.82 Å². The van der Waals surface area contributed by atoms with Gasteiger partial charge in [0.25, 0.3) is 5.91 Å². The lowest BCUT2D eigenvalue weighted by Gasteiger charge is -2.02. The van der Waals surface area contributed by atoms with Crippen molar-refractivity contribution < 1.29 is 13.8 Å². The molecule has 0 atom stereocenters. The number of nitrogens with zero attached hydrogens (tertiary/aromatic N) is 6. The molecular weight excluding hydrogens is 331 g/mol. The summed E-state index contributed by atoms with van der Waals surface area (Å²) in [6.45, 7) is 3.29. The van der Waals surface area contributed by atoms with E-state index in [1.54, 1.807) is 26.0 Å². The van der Waals surface area contributed by atoms with Crippen molar-refractivity contribution >= 4 is 17.4 Å². The molecule has 0 bridgehead atoms. The van der Waals surface area contributed by atoms with Crippen molar-refractivity contribution in [2.45, 2.75) is 13.8 Å². The number of halogens is 1. The van der Waals surface area contributed by atoms with Gasteiger partial charge in [0.15, 0.2) is 5.69 Å². The van der Waals surface area contributed by atoms with Gasteiger partial charge in [0.05, 0.1) is 11.4 Å². The van der Waals surface area contributed by atoms with Gasteiger partial charge in [-0.15, -0.1) is 5.10 Å². The number of rotatable bonds is 4. The molecule has 0 spiro atoms. The van der Waals surface area contributed by atoms with E-state index in [0.29, 0.717) is 17.0 Å². The highest BCUT2D eigenvalue weighted by Crippen LogP contribution is 2.14. The molecule has 2 aromatic heterocycles. The lowest BCUT2D eigenvalue weighted by atomic mass is 10.1. The Kier molecular flexibility index (Phi) is 4.20. The average Bonchev–Trinajstić information content (AvgIpc) is 3.18. The number of anilines is 1. The van der Waals surface area contributed by atoms with Crippen LogP contribution in [-0.4, -0.2) is 36.9 Å². The highest BCUT2D eigenvalue weighted by Gasteiger charge is 2.20. The van der Waals surface area contributed by atoms with E-state index in [4.69, 9.17) is 5.73 Å². The molecular formula is C14H13FN8O2. The predicted octanol–water partition coefficient (Wildman–Crippen LogP) is 0.834. The van der Waals surface area contributed by atoms with Gasteiger partial charge >= 0.3 is 0 Å². The smallest absolute Gasteiger partial charge is 0.293 e. The second-order valence-corrected chi connectivity index (χ2v) is 5.05. The lowest BCUT2D eigenvalue weighted by molar-refractivity contribution is 0.0949. The second kappa shape index (κ2) is 6.47. The molecule has 0 saturated carbocycles. The van der Waals surface area contributed by atoms with Crippen LogP contribution in [0.3, 0.4) is 0 Å². The van der Waals surface area contributed by atoms with E-state index in [1.807, 2.05) is 0 Å². The molecule has 3 N–H and O–H groups in total. The fourth-order valence-corrected chi connectivity index (χ4v) is 2.02. The van der Waals surface area contributed by atoms with Crippen LogP contribution in [0, 0.1) is 12.7 Å². The summed E-state index contributed by atoms with van der Waals surface area (Å²) in [7, 11) is 0. The van der Waals surface area contributed by atoms with E-state index in [1.165, 1.54) is 16.8 Å². The third-order valence-electron chi connectivity index (χ3n) is 3.39. The molecule has 0 saturated heterocycles. The van der Waals surface area contributed by atoms with E-state index >= 15 is 0 Å². The van der Waals surface area contributed by atoms with Crippen molar-refractivity contribution in [3.63, 3.8) is 0 Å². The molecule has 3 aromatic rings. The van der Waals surface area contributed by atoms with Gasteiger partial charge in [-0.3, -0.25) is 4.79 Å². The summed E-state index contributed by atoms with van der Waals surface area (Å²) in [5.74, 6) is -0.769. The number of nitrogen functional groups attached to an aromatic ring is 1. The molecule has 128 valence electrons. The number of carbonyl (C=O) groups excluding carboxylic acids is 1. The van der Waals surface area contributed by atoms with Crippen LogP contribution in [0.1, 0.15) is 28.7 Å². The Hall–Kier alpha value is -3.63. The highest BCUT2D eigenvalue weighted by atomic mass is 19.1. The van der Waals surface area contributed by atoms with Gasteiger partial charge in [-0.2, -0.15) is 9.78 Å². The third kappa shape index (κ3) is 3.20. The van der Waals surface area contributed by atoms with Gasteiger partial charge in [0, 0.05) is 0 Å². The Balaban J connectivity index is 1.78. The zero-order valence-corrected chi connectivity index (χ0v) is 13.3. The molecule has 0 aliphatic heterocycles. The van der Waals surface area contributed by atoms with Crippen molar-refractivity contribution in [2.24, 2.45) is 5.10 Å². The predicted molar refractivity (Wildman–Crippen MR) is 84.4 cm³/mol. The summed E-state index contributed by atoms with van der Waals surface area (Å²) in [4.78, 5) is 12.2. The van der Waals surface area contributed by atoms with Crippen LogP contribution >= 0.6 is 0 Å². The normalized spacial score (nSPS) is 11.6. The highest BCUT2D eigenvalue weighted by molar-refractivity contribution is 6.00. The summed E-state index contributed by atoms with van der Waals surface area (Å²) in [6.07, 6.45) is 0. The first kappa shape index (κ1) is 16.2. The summed E-state index contributed by atoms with van der Waals surface area (Å²) in [5.41, 5.74) is 9.57. The molecule has 11 heteroatoms. The van der Waals surface area contributed by atoms with Gasteiger partial charge < -0.3 is 5.73 Å². The topological polar surface area (TPSA) is 137 Å². The fraction of sp³-hybridized carbons (Fsp3) is 0.143. The van der Waals surface area contributed by atoms with Crippen LogP contribution in [0.4, 0.5) is 10.2 Å². The van der Waals surface area contributed by atoms with Crippen LogP contribution in [0.5, 0.6) is 0 Å². The summed E-state index contributed by atoms with van der Waals surface area (Å²) in [5, 5.41) is 18.6. The number of hydrogen-bond acceptors (Lipinski definition) is 8. The Bertz CT molecular complexity index is 944. The van der Waals surface area contributed by atoms with Gasteiger partial charge in [-0.25, -0.2) is 14.4 Å².